The van der Waals surface area contributed by atoms with Crippen molar-refractivity contribution in [2.24, 2.45) is 0 Å². The van der Waals surface area contributed by atoms with Crippen molar-refractivity contribution in [1.29, 1.82) is 0 Å². The van der Waals surface area contributed by atoms with Gasteiger partial charge in [0.15, 0.2) is 5.65 Å². The van der Waals surface area contributed by atoms with Gasteiger partial charge in [-0.2, -0.15) is 5.10 Å². The molecule has 2 aromatic carbocycles. The van der Waals surface area contributed by atoms with Crippen molar-refractivity contribution in [3.63, 3.8) is 0 Å². The zero-order valence-electron chi connectivity index (χ0n) is 18.7. The summed E-state index contributed by atoms with van der Waals surface area (Å²) in [5.74, 6) is 0.159. The number of amides is 1. The van der Waals surface area contributed by atoms with E-state index in [1.165, 1.54) is 19.4 Å². The van der Waals surface area contributed by atoms with E-state index in [2.05, 4.69) is 14.8 Å². The Hall–Kier alpha value is -3.92. The number of rotatable bonds is 6. The second kappa shape index (κ2) is 8.45. The van der Waals surface area contributed by atoms with Gasteiger partial charge in [0.2, 0.25) is 5.91 Å². The molecule has 1 aliphatic heterocycles. The minimum absolute atomic E-state index is 0.0259. The zero-order chi connectivity index (χ0) is 23.9. The third-order valence-corrected chi connectivity index (χ3v) is 7.18. The number of benzene rings is 2. The molecule has 3 heterocycles. The van der Waals surface area contributed by atoms with Crippen LogP contribution >= 0.6 is 0 Å². The summed E-state index contributed by atoms with van der Waals surface area (Å²) in [7, 11) is -2.63. The van der Waals surface area contributed by atoms with Gasteiger partial charge in [0, 0.05) is 24.0 Å². The Bertz CT molecular complexity index is 1500. The summed E-state index contributed by atoms with van der Waals surface area (Å²) < 4.78 is 36.3. The number of carbonyl (C=O) groups is 1. The summed E-state index contributed by atoms with van der Waals surface area (Å²) in [5, 5.41) is 5.29. The lowest BCUT2D eigenvalue weighted by Crippen LogP contribution is -2.24. The number of anilines is 2. The molecule has 0 bridgehead atoms. The maximum atomic E-state index is 13.3. The van der Waals surface area contributed by atoms with Crippen LogP contribution in [-0.2, 0) is 14.8 Å². The van der Waals surface area contributed by atoms with Crippen LogP contribution in [0.25, 0.3) is 16.7 Å². The molecule has 2 aromatic heterocycles. The SMILES string of the molecule is COc1ccc(N2CCCC2=O)cc1S(=O)(=O)Nc1cnc2c(c1)c(C)nn2-c1ccccc1. The van der Waals surface area contributed by atoms with E-state index in [1.54, 1.807) is 27.8 Å². The Morgan fingerprint density at radius 1 is 1.06 bits per heavy atom. The monoisotopic (exact) mass is 477 g/mol. The highest BCUT2D eigenvalue weighted by Gasteiger charge is 2.26. The first-order chi connectivity index (χ1) is 16.4. The van der Waals surface area contributed by atoms with Gasteiger partial charge in [-0.3, -0.25) is 9.52 Å². The number of fused-ring (bicyclic) bond motifs is 1. The summed E-state index contributed by atoms with van der Waals surface area (Å²) in [6, 6.07) is 16.0. The lowest BCUT2D eigenvalue weighted by molar-refractivity contribution is -0.117. The molecule has 0 aliphatic carbocycles. The van der Waals surface area contributed by atoms with Gasteiger partial charge in [0.05, 0.1) is 30.4 Å². The molecular weight excluding hydrogens is 454 g/mol. The Morgan fingerprint density at radius 3 is 2.56 bits per heavy atom. The minimum Gasteiger partial charge on any atom is -0.495 e. The van der Waals surface area contributed by atoms with Crippen LogP contribution < -0.4 is 14.4 Å². The highest BCUT2D eigenvalue weighted by atomic mass is 32.2. The van der Waals surface area contributed by atoms with E-state index in [9.17, 15) is 13.2 Å². The molecular formula is C24H23N5O4S. The van der Waals surface area contributed by atoms with Crippen molar-refractivity contribution >= 4 is 38.3 Å². The predicted molar refractivity (Wildman–Crippen MR) is 129 cm³/mol. The van der Waals surface area contributed by atoms with E-state index in [0.717, 1.165) is 23.2 Å². The molecule has 4 aromatic rings. The van der Waals surface area contributed by atoms with E-state index in [1.807, 2.05) is 37.3 Å². The Morgan fingerprint density at radius 2 is 1.85 bits per heavy atom. The standard InChI is InChI=1S/C24H23N5O4S/c1-16-20-13-17(15-25-24(20)29(26-16)18-7-4-3-5-8-18)27-34(31,32)22-14-19(10-11-21(22)33-2)28-12-6-9-23(28)30/h3-5,7-8,10-11,13-15,27H,6,9,12H2,1-2H3. The van der Waals surface area contributed by atoms with Crippen molar-refractivity contribution in [1.82, 2.24) is 14.8 Å². The number of sulfonamides is 1. The molecule has 0 spiro atoms. The second-order valence-corrected chi connectivity index (χ2v) is 9.67. The summed E-state index contributed by atoms with van der Waals surface area (Å²) in [4.78, 5) is 18.2. The van der Waals surface area contributed by atoms with E-state index < -0.39 is 10.0 Å². The molecule has 9 nitrogen and oxygen atoms in total. The summed E-state index contributed by atoms with van der Waals surface area (Å²) in [6.07, 6.45) is 2.65. The van der Waals surface area contributed by atoms with Crippen LogP contribution in [0.4, 0.5) is 11.4 Å². The molecule has 0 unspecified atom stereocenters. The lowest BCUT2D eigenvalue weighted by Gasteiger charge is -2.18. The molecule has 5 rings (SSSR count). The van der Waals surface area contributed by atoms with Crippen molar-refractivity contribution < 1.29 is 17.9 Å². The molecule has 0 saturated carbocycles. The Kier molecular flexibility index (Phi) is 5.45. The molecule has 1 fully saturated rings. The quantitative estimate of drug-likeness (QED) is 0.454. The van der Waals surface area contributed by atoms with Crippen LogP contribution in [0.1, 0.15) is 18.5 Å². The highest BCUT2D eigenvalue weighted by molar-refractivity contribution is 7.92. The van der Waals surface area contributed by atoms with Gasteiger partial charge >= 0.3 is 0 Å². The average Bonchev–Trinajstić information content (AvgIpc) is 3.42. The largest absolute Gasteiger partial charge is 0.495 e. The smallest absolute Gasteiger partial charge is 0.265 e. The maximum absolute atomic E-state index is 13.3. The van der Waals surface area contributed by atoms with Gasteiger partial charge in [-0.05, 0) is 49.7 Å². The molecule has 1 amide bonds. The van der Waals surface area contributed by atoms with Crippen molar-refractivity contribution in [3.05, 3.63) is 66.5 Å². The number of nitrogens with zero attached hydrogens (tertiary/aromatic N) is 4. The minimum atomic E-state index is -4.03. The van der Waals surface area contributed by atoms with Gasteiger partial charge in [-0.1, -0.05) is 18.2 Å². The van der Waals surface area contributed by atoms with Gasteiger partial charge in [0.25, 0.3) is 10.0 Å². The summed E-state index contributed by atoms with van der Waals surface area (Å²) >= 11 is 0. The van der Waals surface area contributed by atoms with Crippen molar-refractivity contribution in [3.8, 4) is 11.4 Å². The maximum Gasteiger partial charge on any atom is 0.265 e. The van der Waals surface area contributed by atoms with Gasteiger partial charge in [-0.15, -0.1) is 0 Å². The fraction of sp³-hybridized carbons (Fsp3) is 0.208. The van der Waals surface area contributed by atoms with E-state index >= 15 is 0 Å². The fourth-order valence-corrected chi connectivity index (χ4v) is 5.35. The van der Waals surface area contributed by atoms with Gasteiger partial charge < -0.3 is 9.64 Å². The van der Waals surface area contributed by atoms with Crippen LogP contribution in [-0.4, -0.2) is 42.7 Å². The molecule has 34 heavy (non-hydrogen) atoms. The number of para-hydroxylation sites is 1. The normalized spacial score (nSPS) is 14.1. The first kappa shape index (κ1) is 21.9. The first-order valence-corrected chi connectivity index (χ1v) is 12.3. The Labute approximate surface area is 197 Å². The van der Waals surface area contributed by atoms with Crippen molar-refractivity contribution in [2.45, 2.75) is 24.7 Å². The summed E-state index contributed by atoms with van der Waals surface area (Å²) in [6.45, 7) is 2.41. The van der Waals surface area contributed by atoms with Crippen LogP contribution in [0.5, 0.6) is 5.75 Å². The average molecular weight is 478 g/mol. The third kappa shape index (κ3) is 3.86. The number of carbonyl (C=O) groups excluding carboxylic acids is 1. The molecule has 1 N–H and O–H groups in total. The molecule has 1 aliphatic rings. The Balaban J connectivity index is 1.51. The van der Waals surface area contributed by atoms with E-state index in [4.69, 9.17) is 4.74 Å². The second-order valence-electron chi connectivity index (χ2n) is 8.02. The number of ether oxygens (including phenoxy) is 1. The number of pyridine rings is 1. The van der Waals surface area contributed by atoms with Crippen molar-refractivity contribution in [2.75, 3.05) is 23.3 Å². The molecule has 0 atom stereocenters. The highest BCUT2D eigenvalue weighted by Crippen LogP contribution is 2.32. The number of methoxy groups -OCH3 is 1. The topological polar surface area (TPSA) is 106 Å². The molecule has 1 saturated heterocycles. The lowest BCUT2D eigenvalue weighted by atomic mass is 10.2. The number of hydrogen-bond acceptors (Lipinski definition) is 6. The van der Waals surface area contributed by atoms with Crippen LogP contribution in [0, 0.1) is 6.92 Å². The number of hydrogen-bond donors (Lipinski definition) is 1. The predicted octanol–water partition coefficient (Wildman–Crippen LogP) is 3.67. The number of aromatic nitrogens is 3. The van der Waals surface area contributed by atoms with Crippen LogP contribution in [0.2, 0.25) is 0 Å². The first-order valence-electron chi connectivity index (χ1n) is 10.8. The van der Waals surface area contributed by atoms with Gasteiger partial charge in [-0.25, -0.2) is 18.1 Å². The molecule has 10 heteroatoms. The molecule has 174 valence electrons. The fourth-order valence-electron chi connectivity index (χ4n) is 4.12. The van der Waals surface area contributed by atoms with E-state index in [-0.39, 0.29) is 16.6 Å². The zero-order valence-corrected chi connectivity index (χ0v) is 19.5. The summed E-state index contributed by atoms with van der Waals surface area (Å²) in [5.41, 5.74) is 3.03. The van der Waals surface area contributed by atoms with E-state index in [0.29, 0.717) is 30.0 Å². The molecule has 0 radical (unpaired) electrons. The third-order valence-electron chi connectivity index (χ3n) is 5.78. The number of aryl methyl sites for hydroxylation is 1. The van der Waals surface area contributed by atoms with Gasteiger partial charge in [0.1, 0.15) is 10.6 Å². The van der Waals surface area contributed by atoms with Crippen LogP contribution in [0.15, 0.2) is 65.7 Å². The van der Waals surface area contributed by atoms with Crippen LogP contribution in [0.3, 0.4) is 0 Å². The number of nitrogens with one attached hydrogen (secondary N) is 1.